The van der Waals surface area contributed by atoms with Crippen LogP contribution in [0.4, 0.5) is 0 Å². The third kappa shape index (κ3) is 3.54. The Hall–Kier alpha value is -1.17. The molecule has 6 heteroatoms. The Bertz CT molecular complexity index is 711. The molecule has 1 saturated carbocycles. The largest absolute Gasteiger partial charge is 0.492 e. The summed E-state index contributed by atoms with van der Waals surface area (Å²) in [4.78, 5) is 14.8. The van der Waals surface area contributed by atoms with E-state index in [9.17, 15) is 4.79 Å². The van der Waals surface area contributed by atoms with Gasteiger partial charge in [-0.2, -0.15) is 13.5 Å². The van der Waals surface area contributed by atoms with Gasteiger partial charge >= 0.3 is 0 Å². The van der Waals surface area contributed by atoms with Crippen molar-refractivity contribution in [2.75, 3.05) is 6.61 Å². The Balaban J connectivity index is 0.00000161. The molecule has 1 heterocycles. The van der Waals surface area contributed by atoms with Crippen molar-refractivity contribution in [2.24, 2.45) is 11.7 Å². The highest BCUT2D eigenvalue weighted by molar-refractivity contribution is 7.59. The first-order valence-electron chi connectivity index (χ1n) is 6.79. The van der Waals surface area contributed by atoms with Crippen molar-refractivity contribution >= 4 is 36.0 Å². The normalized spacial score (nSPS) is 15.6. The van der Waals surface area contributed by atoms with Crippen molar-refractivity contribution in [1.29, 1.82) is 0 Å². The van der Waals surface area contributed by atoms with Crippen LogP contribution in [-0.4, -0.2) is 11.6 Å². The first-order valence-corrected chi connectivity index (χ1v) is 7.17. The van der Waals surface area contributed by atoms with E-state index < -0.39 is 0 Å². The van der Waals surface area contributed by atoms with E-state index in [0.717, 1.165) is 10.9 Å². The lowest BCUT2D eigenvalue weighted by Gasteiger charge is -2.10. The molecule has 1 aliphatic rings. The van der Waals surface area contributed by atoms with E-state index in [0.29, 0.717) is 28.9 Å². The van der Waals surface area contributed by atoms with E-state index in [1.165, 1.54) is 12.8 Å². The number of hydrogen-bond donors (Lipinski definition) is 2. The first-order chi connectivity index (χ1) is 9.54. The van der Waals surface area contributed by atoms with Crippen molar-refractivity contribution in [3.8, 4) is 5.75 Å². The molecule has 2 aromatic rings. The number of pyridine rings is 1. The van der Waals surface area contributed by atoms with Crippen LogP contribution in [0.25, 0.3) is 10.9 Å². The Labute approximate surface area is 135 Å². The second kappa shape index (κ2) is 6.30. The summed E-state index contributed by atoms with van der Waals surface area (Å²) in [5.41, 5.74) is 6.89. The van der Waals surface area contributed by atoms with Gasteiger partial charge in [-0.25, -0.2) is 0 Å². The second-order valence-electron chi connectivity index (χ2n) is 5.47. The lowest BCUT2D eigenvalue weighted by atomic mass is 10.1. The number of nitrogens with one attached hydrogen (secondary N) is 1. The number of halogens is 1. The van der Waals surface area contributed by atoms with Gasteiger partial charge in [0.2, 0.25) is 0 Å². The summed E-state index contributed by atoms with van der Waals surface area (Å²) >= 11 is 6.23. The molecule has 1 aliphatic carbocycles. The summed E-state index contributed by atoms with van der Waals surface area (Å²) in [5.74, 6) is 1.27. The minimum atomic E-state index is -0.312. The summed E-state index contributed by atoms with van der Waals surface area (Å²) in [6, 6.07) is 5.07. The molecule has 0 bridgehead atoms. The third-order valence-electron chi connectivity index (χ3n) is 3.59. The molecule has 0 saturated heterocycles. The molecule has 0 amide bonds. The predicted molar refractivity (Wildman–Crippen MR) is 90.8 cm³/mol. The Kier molecular flexibility index (Phi) is 4.86. The van der Waals surface area contributed by atoms with E-state index in [1.807, 2.05) is 0 Å². The lowest BCUT2D eigenvalue weighted by molar-refractivity contribution is 0.300. The van der Waals surface area contributed by atoms with Gasteiger partial charge in [-0.05, 0) is 37.8 Å². The molecule has 0 spiro atoms. The molecular formula is C15H19ClN2O2S. The number of ether oxygens (including phenoxy) is 1. The molecule has 1 aromatic heterocycles. The maximum absolute atomic E-state index is 11.9. The van der Waals surface area contributed by atoms with Crippen LogP contribution in [0.2, 0.25) is 5.02 Å². The molecule has 21 heavy (non-hydrogen) atoms. The van der Waals surface area contributed by atoms with Gasteiger partial charge < -0.3 is 15.5 Å². The van der Waals surface area contributed by atoms with Crippen LogP contribution in [0.3, 0.4) is 0 Å². The van der Waals surface area contributed by atoms with Crippen LogP contribution >= 0.6 is 25.1 Å². The zero-order valence-electron chi connectivity index (χ0n) is 11.8. The zero-order chi connectivity index (χ0) is 14.3. The molecule has 0 unspecified atom stereocenters. The summed E-state index contributed by atoms with van der Waals surface area (Å²) in [6.07, 6.45) is 2.44. The van der Waals surface area contributed by atoms with Gasteiger partial charge in [-0.3, -0.25) is 4.79 Å². The van der Waals surface area contributed by atoms with Crippen molar-refractivity contribution in [1.82, 2.24) is 4.98 Å². The molecule has 1 atom stereocenters. The number of rotatable bonds is 4. The standard InChI is InChI=1S/C15H17ClN2O2.H2S/c1-8(17)11-4-10-5-12(16)14(20-7-9-2-3-9)6-13(10)18-15(11)19;/h4-6,8-9H,2-3,7,17H2,1H3,(H,18,19);1H2/t8-;/m0./s1. The second-order valence-corrected chi connectivity index (χ2v) is 5.87. The molecule has 114 valence electrons. The fourth-order valence-electron chi connectivity index (χ4n) is 2.16. The van der Waals surface area contributed by atoms with Crippen molar-refractivity contribution in [3.05, 3.63) is 39.1 Å². The van der Waals surface area contributed by atoms with E-state index >= 15 is 0 Å². The number of aromatic nitrogens is 1. The lowest BCUT2D eigenvalue weighted by Crippen LogP contribution is -2.19. The summed E-state index contributed by atoms with van der Waals surface area (Å²) < 4.78 is 5.71. The molecule has 3 N–H and O–H groups in total. The molecular weight excluding hydrogens is 308 g/mol. The highest BCUT2D eigenvalue weighted by Crippen LogP contribution is 2.33. The Morgan fingerprint density at radius 1 is 1.43 bits per heavy atom. The number of benzene rings is 1. The van der Waals surface area contributed by atoms with E-state index in [-0.39, 0.29) is 25.1 Å². The molecule has 0 radical (unpaired) electrons. The minimum absolute atomic E-state index is 0. The van der Waals surface area contributed by atoms with Crippen molar-refractivity contribution in [3.63, 3.8) is 0 Å². The quantitative estimate of drug-likeness (QED) is 0.907. The van der Waals surface area contributed by atoms with E-state index in [2.05, 4.69) is 4.98 Å². The number of aromatic amines is 1. The molecule has 1 aromatic carbocycles. The topological polar surface area (TPSA) is 68.1 Å². The monoisotopic (exact) mass is 326 g/mol. The SMILES string of the molecule is C[C@H](N)c1cc2cc(Cl)c(OCC3CC3)cc2[nH]c1=O.S. The van der Waals surface area contributed by atoms with Gasteiger partial charge in [0.25, 0.3) is 5.56 Å². The Morgan fingerprint density at radius 3 is 2.76 bits per heavy atom. The fourth-order valence-corrected chi connectivity index (χ4v) is 2.39. The van der Waals surface area contributed by atoms with Gasteiger partial charge in [0.15, 0.2) is 0 Å². The average molecular weight is 327 g/mol. The summed E-state index contributed by atoms with van der Waals surface area (Å²) in [6.45, 7) is 2.47. The van der Waals surface area contributed by atoms with Gasteiger partial charge in [0.05, 0.1) is 17.1 Å². The minimum Gasteiger partial charge on any atom is -0.492 e. The summed E-state index contributed by atoms with van der Waals surface area (Å²) in [5, 5.41) is 1.42. The Morgan fingerprint density at radius 2 is 2.14 bits per heavy atom. The summed E-state index contributed by atoms with van der Waals surface area (Å²) in [7, 11) is 0. The molecule has 3 rings (SSSR count). The van der Waals surface area contributed by atoms with Crippen LogP contribution < -0.4 is 16.0 Å². The first kappa shape index (κ1) is 16.2. The van der Waals surface area contributed by atoms with Gasteiger partial charge in [-0.15, -0.1) is 0 Å². The molecule has 4 nitrogen and oxygen atoms in total. The van der Waals surface area contributed by atoms with Crippen LogP contribution in [0, 0.1) is 5.92 Å². The van der Waals surface area contributed by atoms with Crippen LogP contribution in [0.15, 0.2) is 23.0 Å². The predicted octanol–water partition coefficient (Wildman–Crippen LogP) is 3.10. The van der Waals surface area contributed by atoms with Gasteiger partial charge in [-0.1, -0.05) is 11.6 Å². The number of nitrogens with two attached hydrogens (primary N) is 1. The zero-order valence-corrected chi connectivity index (χ0v) is 13.5. The number of H-pyrrole nitrogens is 1. The van der Waals surface area contributed by atoms with Gasteiger partial charge in [0, 0.05) is 23.1 Å². The molecule has 0 aliphatic heterocycles. The van der Waals surface area contributed by atoms with Crippen LogP contribution in [0.5, 0.6) is 5.75 Å². The average Bonchev–Trinajstić information content (AvgIpc) is 3.20. The van der Waals surface area contributed by atoms with Crippen LogP contribution in [-0.2, 0) is 0 Å². The maximum Gasteiger partial charge on any atom is 0.253 e. The third-order valence-corrected chi connectivity index (χ3v) is 3.88. The number of fused-ring (bicyclic) bond motifs is 1. The molecule has 1 fully saturated rings. The van der Waals surface area contributed by atoms with E-state index in [4.69, 9.17) is 22.1 Å². The smallest absolute Gasteiger partial charge is 0.253 e. The van der Waals surface area contributed by atoms with Crippen molar-refractivity contribution < 1.29 is 4.74 Å². The highest BCUT2D eigenvalue weighted by Gasteiger charge is 2.22. The van der Waals surface area contributed by atoms with Crippen LogP contribution in [0.1, 0.15) is 31.4 Å². The van der Waals surface area contributed by atoms with E-state index in [1.54, 1.807) is 25.1 Å². The van der Waals surface area contributed by atoms with Gasteiger partial charge in [0.1, 0.15) is 5.75 Å². The fraction of sp³-hybridized carbons (Fsp3) is 0.400. The maximum atomic E-state index is 11.9. The number of hydrogen-bond acceptors (Lipinski definition) is 3. The van der Waals surface area contributed by atoms with Crippen molar-refractivity contribution in [2.45, 2.75) is 25.8 Å². The highest BCUT2D eigenvalue weighted by atomic mass is 35.5.